The van der Waals surface area contributed by atoms with Gasteiger partial charge in [-0.1, -0.05) is 41.4 Å². The zero-order valence-electron chi connectivity index (χ0n) is 19.0. The molecule has 0 radical (unpaired) electrons. The number of aromatic nitrogens is 1. The first-order valence-corrected chi connectivity index (χ1v) is 11.3. The maximum Gasteiger partial charge on any atom is 0.417 e. The second kappa shape index (κ2) is 10.3. The molecule has 0 aliphatic rings. The van der Waals surface area contributed by atoms with Crippen LogP contribution in [-0.4, -0.2) is 50.2 Å². The number of benzene rings is 3. The van der Waals surface area contributed by atoms with Crippen molar-refractivity contribution in [2.75, 3.05) is 44.4 Å². The molecule has 1 N–H and O–H groups in total. The van der Waals surface area contributed by atoms with Gasteiger partial charge in [0.1, 0.15) is 11.3 Å². The van der Waals surface area contributed by atoms with Gasteiger partial charge in [0.25, 0.3) is 6.01 Å². The zero-order chi connectivity index (χ0) is 24.2. The Morgan fingerprint density at radius 2 is 1.76 bits per heavy atom. The molecule has 7 nitrogen and oxygen atoms in total. The molecule has 1 heterocycles. The van der Waals surface area contributed by atoms with E-state index >= 15 is 0 Å². The summed E-state index contributed by atoms with van der Waals surface area (Å²) < 4.78 is 11.2. The Balaban J connectivity index is 1.40. The molecule has 176 valence electrons. The van der Waals surface area contributed by atoms with Gasteiger partial charge in [0.15, 0.2) is 5.58 Å². The standard InChI is InChI=1S/C25H24Cl2N4O3/c1-30(2)12-13-31(3)24-29-22-15-18(7-11-23(22)34-24)28-25(32)33-19-8-4-16(5-9-19)20-10-6-17(26)14-21(20)27/h4-11,14-15H,12-13H2,1-3H3,(H,28,32). The highest BCUT2D eigenvalue weighted by atomic mass is 35.5. The minimum Gasteiger partial charge on any atom is -0.423 e. The van der Waals surface area contributed by atoms with Crippen LogP contribution in [0, 0.1) is 0 Å². The van der Waals surface area contributed by atoms with Gasteiger partial charge < -0.3 is 19.0 Å². The van der Waals surface area contributed by atoms with E-state index in [4.69, 9.17) is 32.4 Å². The lowest BCUT2D eigenvalue weighted by atomic mass is 10.1. The molecule has 0 atom stereocenters. The summed E-state index contributed by atoms with van der Waals surface area (Å²) in [4.78, 5) is 21.0. The van der Waals surface area contributed by atoms with Crippen LogP contribution in [0.1, 0.15) is 0 Å². The van der Waals surface area contributed by atoms with Crippen molar-refractivity contribution in [2.24, 2.45) is 0 Å². The molecular weight excluding hydrogens is 475 g/mol. The van der Waals surface area contributed by atoms with Gasteiger partial charge >= 0.3 is 6.09 Å². The second-order valence-electron chi connectivity index (χ2n) is 8.07. The highest BCUT2D eigenvalue weighted by Crippen LogP contribution is 2.31. The highest BCUT2D eigenvalue weighted by Gasteiger charge is 2.13. The molecular formula is C25H24Cl2N4O3. The van der Waals surface area contributed by atoms with Gasteiger partial charge in [-0.15, -0.1) is 0 Å². The zero-order valence-corrected chi connectivity index (χ0v) is 20.5. The number of nitrogens with one attached hydrogen (secondary N) is 1. The van der Waals surface area contributed by atoms with Crippen LogP contribution in [0.15, 0.2) is 65.1 Å². The number of nitrogens with zero attached hydrogens (tertiary/aromatic N) is 3. The molecule has 0 saturated heterocycles. The Morgan fingerprint density at radius 1 is 1.00 bits per heavy atom. The molecule has 9 heteroatoms. The van der Waals surface area contributed by atoms with Crippen molar-refractivity contribution in [3.05, 3.63) is 70.7 Å². The fourth-order valence-corrected chi connectivity index (χ4v) is 3.80. The quantitative estimate of drug-likeness (QED) is 0.317. The molecule has 0 unspecified atom stereocenters. The Bertz CT molecular complexity index is 1310. The molecule has 0 bridgehead atoms. The summed E-state index contributed by atoms with van der Waals surface area (Å²) in [5, 5.41) is 3.85. The number of halogens is 2. The maximum absolute atomic E-state index is 12.4. The van der Waals surface area contributed by atoms with Crippen molar-refractivity contribution in [3.8, 4) is 16.9 Å². The topological polar surface area (TPSA) is 70.8 Å². The van der Waals surface area contributed by atoms with E-state index in [0.717, 1.165) is 24.2 Å². The molecule has 0 fully saturated rings. The molecule has 0 spiro atoms. The Labute approximate surface area is 207 Å². The minimum atomic E-state index is -0.608. The fourth-order valence-electron chi connectivity index (χ4n) is 3.28. The maximum atomic E-state index is 12.4. The fraction of sp³-hybridized carbons (Fsp3) is 0.200. The van der Waals surface area contributed by atoms with Crippen LogP contribution in [-0.2, 0) is 0 Å². The lowest BCUT2D eigenvalue weighted by Crippen LogP contribution is -2.28. The number of carbonyl (C=O) groups excluding carboxylic acids is 1. The molecule has 0 aliphatic heterocycles. The summed E-state index contributed by atoms with van der Waals surface area (Å²) in [5.74, 6) is 0.402. The molecule has 1 amide bonds. The SMILES string of the molecule is CN(C)CCN(C)c1nc2cc(NC(=O)Oc3ccc(-c4ccc(Cl)cc4Cl)cc3)ccc2o1. The number of rotatable bonds is 7. The lowest BCUT2D eigenvalue weighted by molar-refractivity contribution is 0.215. The van der Waals surface area contributed by atoms with Crippen LogP contribution >= 0.6 is 23.2 Å². The monoisotopic (exact) mass is 498 g/mol. The van der Waals surface area contributed by atoms with Gasteiger partial charge in [-0.25, -0.2) is 4.79 Å². The number of anilines is 2. The van der Waals surface area contributed by atoms with Gasteiger partial charge in [0.05, 0.1) is 0 Å². The number of likely N-dealkylation sites (N-methyl/N-ethyl adjacent to an activating group) is 2. The largest absolute Gasteiger partial charge is 0.423 e. The molecule has 1 aromatic heterocycles. The summed E-state index contributed by atoms with van der Waals surface area (Å²) in [6.45, 7) is 1.65. The van der Waals surface area contributed by atoms with E-state index in [1.54, 1.807) is 42.5 Å². The van der Waals surface area contributed by atoms with Crippen LogP contribution in [0.3, 0.4) is 0 Å². The van der Waals surface area contributed by atoms with Gasteiger partial charge in [-0.05, 0) is 62.1 Å². The first-order valence-electron chi connectivity index (χ1n) is 10.6. The number of hydrogen-bond donors (Lipinski definition) is 1. The van der Waals surface area contributed by atoms with Crippen LogP contribution in [0.25, 0.3) is 22.2 Å². The summed E-state index contributed by atoms with van der Waals surface area (Å²) in [6, 6.07) is 18.2. The number of carbonyl (C=O) groups is 1. The van der Waals surface area contributed by atoms with E-state index in [0.29, 0.717) is 38.6 Å². The molecule has 34 heavy (non-hydrogen) atoms. The van der Waals surface area contributed by atoms with E-state index in [-0.39, 0.29) is 0 Å². The Hall–Kier alpha value is -3.26. The van der Waals surface area contributed by atoms with Crippen molar-refractivity contribution >= 4 is 52.1 Å². The minimum absolute atomic E-state index is 0.402. The van der Waals surface area contributed by atoms with E-state index in [2.05, 4.69) is 15.2 Å². The number of oxazole rings is 1. The van der Waals surface area contributed by atoms with Crippen molar-refractivity contribution in [1.29, 1.82) is 0 Å². The molecule has 4 aromatic rings. The molecule has 0 aliphatic carbocycles. The summed E-state index contributed by atoms with van der Waals surface area (Å²) in [5.41, 5.74) is 3.57. The van der Waals surface area contributed by atoms with E-state index in [9.17, 15) is 4.79 Å². The van der Waals surface area contributed by atoms with E-state index in [1.807, 2.05) is 44.2 Å². The first kappa shape index (κ1) is 23.9. The second-order valence-corrected chi connectivity index (χ2v) is 8.91. The molecule has 4 rings (SSSR count). The Kier molecular flexibility index (Phi) is 7.26. The Morgan fingerprint density at radius 3 is 2.47 bits per heavy atom. The molecule has 0 saturated carbocycles. The predicted molar refractivity (Wildman–Crippen MR) is 137 cm³/mol. The van der Waals surface area contributed by atoms with Crippen LogP contribution in [0.4, 0.5) is 16.5 Å². The van der Waals surface area contributed by atoms with Crippen molar-refractivity contribution in [2.45, 2.75) is 0 Å². The van der Waals surface area contributed by atoms with Crippen molar-refractivity contribution in [1.82, 2.24) is 9.88 Å². The highest BCUT2D eigenvalue weighted by molar-refractivity contribution is 6.36. The van der Waals surface area contributed by atoms with Crippen LogP contribution in [0.5, 0.6) is 5.75 Å². The molecule has 3 aromatic carbocycles. The van der Waals surface area contributed by atoms with Crippen molar-refractivity contribution in [3.63, 3.8) is 0 Å². The summed E-state index contributed by atoms with van der Waals surface area (Å²) >= 11 is 12.2. The first-order chi connectivity index (χ1) is 16.3. The van der Waals surface area contributed by atoms with Gasteiger partial charge in [-0.2, -0.15) is 4.98 Å². The third-order valence-electron chi connectivity index (χ3n) is 5.14. The smallest absolute Gasteiger partial charge is 0.417 e. The normalized spacial score (nSPS) is 11.1. The van der Waals surface area contributed by atoms with E-state index < -0.39 is 6.09 Å². The number of fused-ring (bicyclic) bond motifs is 1. The van der Waals surface area contributed by atoms with Gasteiger partial charge in [0, 0.05) is 41.4 Å². The van der Waals surface area contributed by atoms with Crippen LogP contribution < -0.4 is 15.0 Å². The van der Waals surface area contributed by atoms with Crippen LogP contribution in [0.2, 0.25) is 10.0 Å². The average molecular weight is 499 g/mol. The number of amides is 1. The average Bonchev–Trinajstić information content (AvgIpc) is 3.22. The lowest BCUT2D eigenvalue weighted by Gasteiger charge is -2.17. The van der Waals surface area contributed by atoms with Gasteiger partial charge in [-0.3, -0.25) is 5.32 Å². The predicted octanol–water partition coefficient (Wildman–Crippen LogP) is 6.41. The third-order valence-corrected chi connectivity index (χ3v) is 5.69. The summed E-state index contributed by atoms with van der Waals surface area (Å²) in [7, 11) is 5.96. The number of ether oxygens (including phenoxy) is 1. The van der Waals surface area contributed by atoms with E-state index in [1.165, 1.54) is 0 Å². The number of hydrogen-bond acceptors (Lipinski definition) is 6. The van der Waals surface area contributed by atoms with Gasteiger partial charge in [0.2, 0.25) is 0 Å². The van der Waals surface area contributed by atoms with Crippen molar-refractivity contribution < 1.29 is 13.9 Å². The third kappa shape index (κ3) is 5.80. The summed E-state index contributed by atoms with van der Waals surface area (Å²) in [6.07, 6.45) is -0.608.